The molecule has 1 heterocycles. The van der Waals surface area contributed by atoms with Crippen molar-refractivity contribution in [2.24, 2.45) is 5.92 Å². The predicted octanol–water partition coefficient (Wildman–Crippen LogP) is 1.18. The standard InChI is InChI=1S/C8H12ClNO3/c9-3-1-2-6-4-10(8(12)13)5-7(6)11/h6H,1-5H2,(H,12,13). The van der Waals surface area contributed by atoms with E-state index in [1.807, 2.05) is 0 Å². The first-order valence-electron chi connectivity index (χ1n) is 4.21. The van der Waals surface area contributed by atoms with E-state index in [-0.39, 0.29) is 18.2 Å². The third kappa shape index (κ3) is 2.59. The summed E-state index contributed by atoms with van der Waals surface area (Å²) in [4.78, 5) is 22.9. The van der Waals surface area contributed by atoms with Crippen LogP contribution in [0.4, 0.5) is 4.79 Å². The molecule has 0 radical (unpaired) electrons. The number of alkyl halides is 1. The second-order valence-corrected chi connectivity index (χ2v) is 3.54. The smallest absolute Gasteiger partial charge is 0.407 e. The fourth-order valence-electron chi connectivity index (χ4n) is 1.47. The molecule has 1 rings (SSSR count). The molecule has 1 aliphatic heterocycles. The first-order valence-corrected chi connectivity index (χ1v) is 4.75. The fraction of sp³-hybridized carbons (Fsp3) is 0.750. The Kier molecular flexibility index (Phi) is 3.54. The van der Waals surface area contributed by atoms with Crippen LogP contribution in [-0.2, 0) is 4.79 Å². The van der Waals surface area contributed by atoms with Crippen molar-refractivity contribution in [2.45, 2.75) is 12.8 Å². The van der Waals surface area contributed by atoms with E-state index in [2.05, 4.69) is 0 Å². The Hall–Kier alpha value is -0.770. The molecule has 1 amide bonds. The molecule has 0 spiro atoms. The molecule has 5 heteroatoms. The summed E-state index contributed by atoms with van der Waals surface area (Å²) in [5, 5.41) is 8.62. The number of halogens is 1. The van der Waals surface area contributed by atoms with Gasteiger partial charge < -0.3 is 10.0 Å². The number of hydrogen-bond acceptors (Lipinski definition) is 2. The van der Waals surface area contributed by atoms with Crippen LogP contribution < -0.4 is 0 Å². The van der Waals surface area contributed by atoms with E-state index in [1.54, 1.807) is 0 Å². The number of likely N-dealkylation sites (tertiary alicyclic amines) is 1. The van der Waals surface area contributed by atoms with E-state index in [0.717, 1.165) is 11.3 Å². The second-order valence-electron chi connectivity index (χ2n) is 3.16. The van der Waals surface area contributed by atoms with Crippen LogP contribution in [-0.4, -0.2) is 40.9 Å². The highest BCUT2D eigenvalue weighted by atomic mass is 35.5. The molecule has 0 aromatic heterocycles. The van der Waals surface area contributed by atoms with Gasteiger partial charge in [-0.1, -0.05) is 0 Å². The molecule has 1 unspecified atom stereocenters. The zero-order chi connectivity index (χ0) is 9.84. The van der Waals surface area contributed by atoms with Gasteiger partial charge in [0, 0.05) is 18.3 Å². The molecular formula is C8H12ClNO3. The number of carbonyl (C=O) groups is 2. The third-order valence-corrected chi connectivity index (χ3v) is 2.47. The first-order chi connectivity index (χ1) is 6.15. The Morgan fingerprint density at radius 3 is 2.85 bits per heavy atom. The van der Waals surface area contributed by atoms with Gasteiger partial charge in [-0.3, -0.25) is 4.79 Å². The van der Waals surface area contributed by atoms with Crippen LogP contribution >= 0.6 is 11.6 Å². The SMILES string of the molecule is O=C1CN(C(=O)O)CC1CCCCl. The monoisotopic (exact) mass is 205 g/mol. The van der Waals surface area contributed by atoms with Gasteiger partial charge in [0.2, 0.25) is 0 Å². The normalized spacial score (nSPS) is 22.4. The highest BCUT2D eigenvalue weighted by Gasteiger charge is 2.32. The maximum Gasteiger partial charge on any atom is 0.407 e. The van der Waals surface area contributed by atoms with E-state index < -0.39 is 6.09 Å². The maximum atomic E-state index is 11.2. The largest absolute Gasteiger partial charge is 0.465 e. The average molecular weight is 206 g/mol. The molecule has 4 nitrogen and oxygen atoms in total. The number of ketones is 1. The van der Waals surface area contributed by atoms with Crippen molar-refractivity contribution >= 4 is 23.5 Å². The molecule has 1 N–H and O–H groups in total. The predicted molar refractivity (Wildman–Crippen MR) is 48.0 cm³/mol. The van der Waals surface area contributed by atoms with E-state index in [4.69, 9.17) is 16.7 Å². The number of hydrogen-bond donors (Lipinski definition) is 1. The fourth-order valence-corrected chi connectivity index (χ4v) is 1.63. The van der Waals surface area contributed by atoms with E-state index in [1.165, 1.54) is 0 Å². The minimum atomic E-state index is -1.01. The van der Waals surface area contributed by atoms with Crippen molar-refractivity contribution in [1.82, 2.24) is 4.90 Å². The Labute approximate surface area is 81.5 Å². The van der Waals surface area contributed by atoms with Gasteiger partial charge in [-0.15, -0.1) is 11.6 Å². The maximum absolute atomic E-state index is 11.2. The summed E-state index contributed by atoms with van der Waals surface area (Å²) in [7, 11) is 0. The summed E-state index contributed by atoms with van der Waals surface area (Å²) in [6.45, 7) is 0.382. The quantitative estimate of drug-likeness (QED) is 0.704. The number of carboxylic acid groups (broad SMARTS) is 1. The number of nitrogens with zero attached hydrogens (tertiary/aromatic N) is 1. The van der Waals surface area contributed by atoms with Crippen molar-refractivity contribution in [2.75, 3.05) is 19.0 Å². The van der Waals surface area contributed by atoms with Gasteiger partial charge in [0.25, 0.3) is 0 Å². The van der Waals surface area contributed by atoms with E-state index in [9.17, 15) is 9.59 Å². The molecule has 1 saturated heterocycles. The van der Waals surface area contributed by atoms with E-state index in [0.29, 0.717) is 18.8 Å². The van der Waals surface area contributed by atoms with Gasteiger partial charge >= 0.3 is 6.09 Å². The van der Waals surface area contributed by atoms with Gasteiger partial charge in [-0.25, -0.2) is 4.79 Å². The summed E-state index contributed by atoms with van der Waals surface area (Å²) in [6, 6.07) is 0. The minimum Gasteiger partial charge on any atom is -0.465 e. The Balaban J connectivity index is 2.42. The highest BCUT2D eigenvalue weighted by Crippen LogP contribution is 2.18. The Morgan fingerprint density at radius 1 is 1.69 bits per heavy atom. The summed E-state index contributed by atoms with van der Waals surface area (Å²) in [5.74, 6) is 0.416. The van der Waals surface area contributed by atoms with Crippen LogP contribution in [0.1, 0.15) is 12.8 Å². The molecule has 1 fully saturated rings. The van der Waals surface area contributed by atoms with Crippen LogP contribution in [0.5, 0.6) is 0 Å². The number of Topliss-reactive ketones (excluding diaryl/α,β-unsaturated/α-hetero) is 1. The molecule has 74 valence electrons. The number of rotatable bonds is 3. The summed E-state index contributed by atoms with van der Waals surface area (Å²) >= 11 is 5.49. The highest BCUT2D eigenvalue weighted by molar-refractivity contribution is 6.17. The van der Waals surface area contributed by atoms with Crippen molar-refractivity contribution in [1.29, 1.82) is 0 Å². The van der Waals surface area contributed by atoms with Crippen LogP contribution in [0, 0.1) is 5.92 Å². The molecule has 0 bridgehead atoms. The molecule has 1 atom stereocenters. The second kappa shape index (κ2) is 4.46. The Morgan fingerprint density at radius 2 is 2.38 bits per heavy atom. The van der Waals surface area contributed by atoms with Crippen molar-refractivity contribution in [3.63, 3.8) is 0 Å². The van der Waals surface area contributed by atoms with Crippen LogP contribution in [0.3, 0.4) is 0 Å². The molecule has 1 aliphatic rings. The number of amides is 1. The van der Waals surface area contributed by atoms with Gasteiger partial charge in [0.05, 0.1) is 6.54 Å². The van der Waals surface area contributed by atoms with Crippen molar-refractivity contribution < 1.29 is 14.7 Å². The van der Waals surface area contributed by atoms with Crippen molar-refractivity contribution in [3.05, 3.63) is 0 Å². The van der Waals surface area contributed by atoms with Crippen molar-refractivity contribution in [3.8, 4) is 0 Å². The number of carbonyl (C=O) groups excluding carboxylic acids is 1. The minimum absolute atomic E-state index is 0.0208. The topological polar surface area (TPSA) is 57.6 Å². The lowest BCUT2D eigenvalue weighted by Gasteiger charge is -2.09. The molecule has 0 aromatic rings. The van der Waals surface area contributed by atoms with Crippen LogP contribution in [0.15, 0.2) is 0 Å². The lowest BCUT2D eigenvalue weighted by atomic mass is 10.0. The molecule has 0 saturated carbocycles. The summed E-state index contributed by atoms with van der Waals surface area (Å²) in [5.41, 5.74) is 0. The van der Waals surface area contributed by atoms with Crippen LogP contribution in [0.2, 0.25) is 0 Å². The molecule has 0 aliphatic carbocycles. The molecule has 13 heavy (non-hydrogen) atoms. The van der Waals surface area contributed by atoms with Gasteiger partial charge in [-0.2, -0.15) is 0 Å². The lowest BCUT2D eigenvalue weighted by Crippen LogP contribution is -2.27. The lowest BCUT2D eigenvalue weighted by molar-refractivity contribution is -0.119. The Bertz CT molecular complexity index is 219. The summed E-state index contributed by atoms with van der Waals surface area (Å²) in [6.07, 6.45) is 0.457. The zero-order valence-electron chi connectivity index (χ0n) is 7.20. The molecule has 0 aromatic carbocycles. The van der Waals surface area contributed by atoms with Gasteiger partial charge in [0.15, 0.2) is 5.78 Å². The van der Waals surface area contributed by atoms with Gasteiger partial charge in [-0.05, 0) is 12.8 Å². The third-order valence-electron chi connectivity index (χ3n) is 2.20. The molecular weight excluding hydrogens is 194 g/mol. The van der Waals surface area contributed by atoms with E-state index >= 15 is 0 Å². The van der Waals surface area contributed by atoms with Gasteiger partial charge in [0.1, 0.15) is 0 Å². The zero-order valence-corrected chi connectivity index (χ0v) is 7.96. The average Bonchev–Trinajstić information content (AvgIpc) is 2.44. The first kappa shape index (κ1) is 10.3. The summed E-state index contributed by atoms with van der Waals surface area (Å²) < 4.78 is 0. The van der Waals surface area contributed by atoms with Crippen LogP contribution in [0.25, 0.3) is 0 Å².